The molecule has 0 heterocycles. The van der Waals surface area contributed by atoms with E-state index in [1.54, 1.807) is 6.92 Å². The van der Waals surface area contributed by atoms with Crippen LogP contribution in [-0.4, -0.2) is 37.3 Å². The number of hydrogen-bond donors (Lipinski definition) is 1. The average molecular weight is 317 g/mol. The van der Waals surface area contributed by atoms with Crippen LogP contribution < -0.4 is 5.32 Å². The molecule has 1 aromatic carbocycles. The number of sulfonamides is 1. The number of nitro groups is 1. The van der Waals surface area contributed by atoms with Crippen molar-refractivity contribution in [1.82, 2.24) is 4.31 Å². The number of anilines is 1. The highest BCUT2D eigenvalue weighted by Gasteiger charge is 2.38. The van der Waals surface area contributed by atoms with Gasteiger partial charge in [0.2, 0.25) is 10.0 Å². The lowest BCUT2D eigenvalue weighted by Crippen LogP contribution is -2.30. The summed E-state index contributed by atoms with van der Waals surface area (Å²) in [6, 6.07) is 1.55. The van der Waals surface area contributed by atoms with E-state index in [1.165, 1.54) is 7.05 Å². The number of benzene rings is 1. The molecule has 0 unspecified atom stereocenters. The monoisotopic (exact) mass is 317 g/mol. The van der Waals surface area contributed by atoms with Crippen LogP contribution in [0.15, 0.2) is 17.0 Å². The SMILES string of the molecule is CCNc1cc([N+](=O)[O-])cc(F)c1S(=O)(=O)N(C)C1CC1. The zero-order chi connectivity index (χ0) is 15.8. The lowest BCUT2D eigenvalue weighted by Gasteiger charge is -2.19. The van der Waals surface area contributed by atoms with Crippen molar-refractivity contribution >= 4 is 21.4 Å². The fourth-order valence-electron chi connectivity index (χ4n) is 2.05. The summed E-state index contributed by atoms with van der Waals surface area (Å²) in [7, 11) is -2.64. The summed E-state index contributed by atoms with van der Waals surface area (Å²) in [5.74, 6) is -1.12. The number of nitro benzene ring substituents is 1. The summed E-state index contributed by atoms with van der Waals surface area (Å²) in [5.41, 5.74) is -0.576. The van der Waals surface area contributed by atoms with Crippen LogP contribution in [0, 0.1) is 15.9 Å². The number of rotatable bonds is 6. The average Bonchev–Trinajstić information content (AvgIpc) is 3.21. The molecule has 0 bridgehead atoms. The van der Waals surface area contributed by atoms with Gasteiger partial charge < -0.3 is 5.32 Å². The van der Waals surface area contributed by atoms with Gasteiger partial charge in [0.1, 0.15) is 4.90 Å². The van der Waals surface area contributed by atoms with E-state index in [1.807, 2.05) is 0 Å². The van der Waals surface area contributed by atoms with Gasteiger partial charge in [-0.15, -0.1) is 0 Å². The molecule has 1 aromatic rings. The lowest BCUT2D eigenvalue weighted by molar-refractivity contribution is -0.385. The molecule has 1 saturated carbocycles. The number of non-ortho nitro benzene ring substituents is 1. The third-order valence-electron chi connectivity index (χ3n) is 3.30. The highest BCUT2D eigenvalue weighted by molar-refractivity contribution is 7.89. The van der Waals surface area contributed by atoms with Crippen molar-refractivity contribution in [2.75, 3.05) is 18.9 Å². The molecule has 0 saturated heterocycles. The molecule has 116 valence electrons. The van der Waals surface area contributed by atoms with Gasteiger partial charge in [-0.25, -0.2) is 12.8 Å². The molecule has 21 heavy (non-hydrogen) atoms. The summed E-state index contributed by atoms with van der Waals surface area (Å²) in [6.45, 7) is 2.01. The van der Waals surface area contributed by atoms with Gasteiger partial charge in [0, 0.05) is 25.7 Å². The predicted octanol–water partition coefficient (Wildman–Crippen LogP) is 1.95. The van der Waals surface area contributed by atoms with Gasteiger partial charge in [-0.05, 0) is 19.8 Å². The predicted molar refractivity (Wildman–Crippen MR) is 75.2 cm³/mol. The number of nitrogens with zero attached hydrogens (tertiary/aromatic N) is 2. The van der Waals surface area contributed by atoms with Crippen LogP contribution >= 0.6 is 0 Å². The molecule has 0 aromatic heterocycles. The maximum atomic E-state index is 14.2. The van der Waals surface area contributed by atoms with Gasteiger partial charge in [-0.2, -0.15) is 4.31 Å². The minimum atomic E-state index is -4.03. The Kier molecular flexibility index (Phi) is 4.15. The number of halogens is 1. The molecule has 0 spiro atoms. The highest BCUT2D eigenvalue weighted by atomic mass is 32.2. The van der Waals surface area contributed by atoms with Crippen molar-refractivity contribution in [1.29, 1.82) is 0 Å². The van der Waals surface area contributed by atoms with Crippen LogP contribution in [0.2, 0.25) is 0 Å². The van der Waals surface area contributed by atoms with E-state index in [-0.39, 0.29) is 11.7 Å². The van der Waals surface area contributed by atoms with Crippen LogP contribution in [-0.2, 0) is 10.0 Å². The van der Waals surface area contributed by atoms with Crippen molar-refractivity contribution in [3.63, 3.8) is 0 Å². The fourth-order valence-corrected chi connectivity index (χ4v) is 3.65. The Hall–Kier alpha value is -1.74. The summed E-state index contributed by atoms with van der Waals surface area (Å²) >= 11 is 0. The molecule has 1 N–H and O–H groups in total. The molecule has 0 atom stereocenters. The molecule has 9 heteroatoms. The molecule has 7 nitrogen and oxygen atoms in total. The molecule has 1 aliphatic carbocycles. The van der Waals surface area contributed by atoms with Crippen LogP contribution in [0.25, 0.3) is 0 Å². The van der Waals surface area contributed by atoms with Crippen LogP contribution in [0.5, 0.6) is 0 Å². The summed E-state index contributed by atoms with van der Waals surface area (Å²) in [6.07, 6.45) is 1.47. The molecule has 2 rings (SSSR count). The van der Waals surface area contributed by atoms with Crippen LogP contribution in [0.4, 0.5) is 15.8 Å². The van der Waals surface area contributed by atoms with E-state index in [0.717, 1.165) is 23.2 Å². The second kappa shape index (κ2) is 5.57. The minimum absolute atomic E-state index is 0.0864. The molecular weight excluding hydrogens is 301 g/mol. The molecule has 0 radical (unpaired) electrons. The Balaban J connectivity index is 2.58. The minimum Gasteiger partial charge on any atom is -0.384 e. The first-order valence-corrected chi connectivity index (χ1v) is 7.93. The van der Waals surface area contributed by atoms with E-state index < -0.39 is 31.3 Å². The van der Waals surface area contributed by atoms with Gasteiger partial charge in [-0.3, -0.25) is 10.1 Å². The zero-order valence-corrected chi connectivity index (χ0v) is 12.5. The van der Waals surface area contributed by atoms with E-state index in [0.29, 0.717) is 12.6 Å². The molecule has 0 aliphatic heterocycles. The van der Waals surface area contributed by atoms with Gasteiger partial charge in [0.25, 0.3) is 5.69 Å². The van der Waals surface area contributed by atoms with Gasteiger partial charge in [-0.1, -0.05) is 0 Å². The Morgan fingerprint density at radius 3 is 2.57 bits per heavy atom. The van der Waals surface area contributed by atoms with Gasteiger partial charge >= 0.3 is 0 Å². The molecule has 1 aliphatic rings. The first kappa shape index (κ1) is 15.6. The van der Waals surface area contributed by atoms with E-state index in [2.05, 4.69) is 5.32 Å². The third kappa shape index (κ3) is 2.98. The number of hydrogen-bond acceptors (Lipinski definition) is 5. The van der Waals surface area contributed by atoms with Crippen molar-refractivity contribution < 1.29 is 17.7 Å². The summed E-state index contributed by atoms with van der Waals surface area (Å²) in [5, 5.41) is 13.5. The second-order valence-electron chi connectivity index (χ2n) is 4.84. The Morgan fingerprint density at radius 2 is 2.10 bits per heavy atom. The molecular formula is C12H16FN3O4S. The van der Waals surface area contributed by atoms with E-state index >= 15 is 0 Å². The first-order chi connectivity index (χ1) is 9.78. The number of nitrogens with one attached hydrogen (secondary N) is 1. The Bertz CT molecular complexity index is 673. The summed E-state index contributed by atoms with van der Waals surface area (Å²) < 4.78 is 40.3. The standard InChI is InChI=1S/C12H16FN3O4S/c1-3-14-11-7-9(16(17)18)6-10(13)12(11)21(19,20)15(2)8-4-5-8/h6-8,14H,3-5H2,1-2H3. The van der Waals surface area contributed by atoms with Gasteiger partial charge in [0.05, 0.1) is 16.7 Å². The Morgan fingerprint density at radius 1 is 1.48 bits per heavy atom. The van der Waals surface area contributed by atoms with Crippen molar-refractivity contribution in [3.8, 4) is 0 Å². The van der Waals surface area contributed by atoms with E-state index in [4.69, 9.17) is 0 Å². The van der Waals surface area contributed by atoms with Crippen LogP contribution in [0.3, 0.4) is 0 Å². The maximum absolute atomic E-state index is 14.2. The summed E-state index contributed by atoms with van der Waals surface area (Å²) in [4.78, 5) is 9.48. The molecule has 0 amide bonds. The highest BCUT2D eigenvalue weighted by Crippen LogP contribution is 2.36. The smallest absolute Gasteiger partial charge is 0.274 e. The van der Waals surface area contributed by atoms with Gasteiger partial charge in [0.15, 0.2) is 5.82 Å². The topological polar surface area (TPSA) is 92.5 Å². The van der Waals surface area contributed by atoms with Crippen molar-refractivity contribution in [2.45, 2.75) is 30.7 Å². The Labute approximate surface area is 122 Å². The second-order valence-corrected chi connectivity index (χ2v) is 6.78. The normalized spacial score (nSPS) is 15.2. The van der Waals surface area contributed by atoms with Crippen molar-refractivity contribution in [2.24, 2.45) is 0 Å². The maximum Gasteiger partial charge on any atom is 0.274 e. The zero-order valence-electron chi connectivity index (χ0n) is 11.7. The van der Waals surface area contributed by atoms with Crippen LogP contribution in [0.1, 0.15) is 19.8 Å². The quantitative estimate of drug-likeness (QED) is 0.639. The largest absolute Gasteiger partial charge is 0.384 e. The van der Waals surface area contributed by atoms with Crippen molar-refractivity contribution in [3.05, 3.63) is 28.1 Å². The fraction of sp³-hybridized carbons (Fsp3) is 0.500. The van der Waals surface area contributed by atoms with E-state index in [9.17, 15) is 22.9 Å². The molecule has 1 fully saturated rings. The first-order valence-electron chi connectivity index (χ1n) is 6.49. The lowest BCUT2D eigenvalue weighted by atomic mass is 10.2. The third-order valence-corrected chi connectivity index (χ3v) is 5.29.